The molecule has 0 bridgehead atoms. The molecule has 2 amide bonds. The monoisotopic (exact) mass is 219 g/mol. The largest absolute Gasteiger partial charge is 0.324 e. The molecule has 2 N–H and O–H groups in total. The Labute approximate surface area is 90.6 Å². The van der Waals surface area contributed by atoms with Crippen LogP contribution in [-0.2, 0) is 0 Å². The van der Waals surface area contributed by atoms with E-state index >= 15 is 0 Å². The summed E-state index contributed by atoms with van der Waals surface area (Å²) in [5, 5.41) is 5.62. The third kappa shape index (κ3) is 2.13. The predicted molar refractivity (Wildman–Crippen MR) is 62.0 cm³/mol. The maximum atomic E-state index is 11.2. The molecule has 0 saturated carbocycles. The highest BCUT2D eigenvalue weighted by molar-refractivity contribution is 7.22. The molecular weight excluding hydrogens is 210 g/mol. The minimum absolute atomic E-state index is 0.330. The molecule has 0 aliphatic rings. The average Bonchev–Trinajstić information content (AvgIpc) is 2.59. The van der Waals surface area contributed by atoms with Crippen LogP contribution >= 0.6 is 11.3 Å². The van der Waals surface area contributed by atoms with Gasteiger partial charge in [0.2, 0.25) is 0 Å². The number of hydrogen-bond donors (Lipinski definition) is 2. The Kier molecular flexibility index (Phi) is 2.64. The van der Waals surface area contributed by atoms with Gasteiger partial charge in [0.05, 0.1) is 10.2 Å². The Morgan fingerprint density at radius 2 is 2.27 bits per heavy atom. The number of carbonyl (C=O) groups is 1. The number of hydrogen-bond acceptors (Lipinski definition) is 3. The molecule has 0 radical (unpaired) electrons. The number of benzene rings is 1. The minimum atomic E-state index is -0.330. The lowest BCUT2D eigenvalue weighted by Crippen LogP contribution is -2.23. The fourth-order valence-electron chi connectivity index (χ4n) is 1.15. The van der Waals surface area contributed by atoms with Crippen molar-refractivity contribution in [1.29, 1.82) is 0 Å². The molecule has 0 saturated heterocycles. The second kappa shape index (κ2) is 4.10. The average molecular weight is 219 g/mol. The van der Waals surface area contributed by atoms with Gasteiger partial charge in [-0.3, -0.25) is 5.32 Å². The molecule has 76 valence electrons. The van der Waals surface area contributed by atoms with Crippen LogP contribution in [0.4, 0.5) is 9.93 Å². The summed E-state index contributed by atoms with van der Waals surface area (Å²) in [6, 6.07) is 7.39. The molecule has 1 aromatic carbocycles. The second-order valence-corrected chi connectivity index (χ2v) is 3.82. The van der Waals surface area contributed by atoms with E-state index < -0.39 is 0 Å². The van der Waals surface area contributed by atoms with Crippen LogP contribution in [0.3, 0.4) is 0 Å². The van der Waals surface area contributed by atoms with Gasteiger partial charge in [0, 0.05) is 0 Å². The maximum absolute atomic E-state index is 11.2. The Morgan fingerprint density at radius 3 is 3.00 bits per heavy atom. The van der Waals surface area contributed by atoms with Gasteiger partial charge in [0.15, 0.2) is 5.13 Å². The van der Waals surface area contributed by atoms with Gasteiger partial charge in [-0.05, 0) is 18.3 Å². The number of aromatic nitrogens is 1. The lowest BCUT2D eigenvalue weighted by molar-refractivity contribution is 0.255. The molecule has 0 spiro atoms. The third-order valence-corrected chi connectivity index (χ3v) is 2.70. The molecule has 1 heterocycles. The van der Waals surface area contributed by atoms with Crippen LogP contribution in [0.5, 0.6) is 0 Å². The van der Waals surface area contributed by atoms with Gasteiger partial charge in [-0.15, -0.1) is 0 Å². The van der Waals surface area contributed by atoms with Gasteiger partial charge in [-0.1, -0.05) is 30.0 Å². The van der Waals surface area contributed by atoms with Crippen molar-refractivity contribution in [2.24, 2.45) is 0 Å². The van der Waals surface area contributed by atoms with Crippen molar-refractivity contribution < 1.29 is 4.79 Å². The summed E-state index contributed by atoms with van der Waals surface area (Å²) in [7, 11) is 0. The lowest BCUT2D eigenvalue weighted by Gasteiger charge is -1.97. The van der Waals surface area contributed by atoms with Gasteiger partial charge in [-0.25, -0.2) is 9.78 Å². The molecule has 1 aromatic heterocycles. The summed E-state index contributed by atoms with van der Waals surface area (Å²) in [5.41, 5.74) is 0.886. The molecule has 0 aliphatic heterocycles. The Hall–Kier alpha value is -1.88. The molecule has 2 rings (SSSR count). The summed E-state index contributed by atoms with van der Waals surface area (Å²) in [6.07, 6.45) is 1.32. The van der Waals surface area contributed by atoms with E-state index in [9.17, 15) is 4.79 Å². The van der Waals surface area contributed by atoms with Crippen molar-refractivity contribution in [3.05, 3.63) is 37.0 Å². The molecular formula is C10H9N3OS. The standard InChI is InChI=1S/C10H9N3OS/c1-2-11-9(14)13-10-12-7-5-3-4-6-8(7)15-10/h2-6H,1H2,(H2,11,12,13,14). The van der Waals surface area contributed by atoms with Gasteiger partial charge < -0.3 is 5.32 Å². The summed E-state index contributed by atoms with van der Waals surface area (Å²) in [6.45, 7) is 3.40. The first-order valence-corrected chi connectivity index (χ1v) is 5.15. The van der Waals surface area contributed by atoms with Crippen molar-refractivity contribution in [2.75, 3.05) is 5.32 Å². The number of urea groups is 1. The number of para-hydroxylation sites is 1. The van der Waals surface area contributed by atoms with Gasteiger partial charge in [0.1, 0.15) is 0 Å². The summed E-state index contributed by atoms with van der Waals surface area (Å²) >= 11 is 1.43. The second-order valence-electron chi connectivity index (χ2n) is 2.79. The van der Waals surface area contributed by atoms with Crippen molar-refractivity contribution in [2.45, 2.75) is 0 Å². The van der Waals surface area contributed by atoms with Crippen LogP contribution in [0.25, 0.3) is 10.2 Å². The van der Waals surface area contributed by atoms with Crippen molar-refractivity contribution in [3.63, 3.8) is 0 Å². The van der Waals surface area contributed by atoms with E-state index in [2.05, 4.69) is 22.2 Å². The zero-order valence-electron chi connectivity index (χ0n) is 7.86. The van der Waals surface area contributed by atoms with Crippen LogP contribution in [0.2, 0.25) is 0 Å². The molecule has 0 aliphatic carbocycles. The van der Waals surface area contributed by atoms with Crippen molar-refractivity contribution >= 4 is 32.7 Å². The van der Waals surface area contributed by atoms with E-state index in [0.29, 0.717) is 5.13 Å². The van der Waals surface area contributed by atoms with E-state index in [4.69, 9.17) is 0 Å². The number of thiazole rings is 1. The van der Waals surface area contributed by atoms with Crippen molar-refractivity contribution in [3.8, 4) is 0 Å². The zero-order chi connectivity index (χ0) is 10.7. The van der Waals surface area contributed by atoms with Gasteiger partial charge >= 0.3 is 6.03 Å². The number of carbonyl (C=O) groups excluding carboxylic acids is 1. The maximum Gasteiger partial charge on any atom is 0.324 e. The van der Waals surface area contributed by atoms with Crippen LogP contribution in [0, 0.1) is 0 Å². The fourth-order valence-corrected chi connectivity index (χ4v) is 2.01. The number of fused-ring (bicyclic) bond motifs is 1. The topological polar surface area (TPSA) is 54.0 Å². The molecule has 4 nitrogen and oxygen atoms in total. The predicted octanol–water partition coefficient (Wildman–Crippen LogP) is 2.56. The fraction of sp³-hybridized carbons (Fsp3) is 0. The highest BCUT2D eigenvalue weighted by atomic mass is 32.1. The Bertz CT molecular complexity index is 473. The number of nitrogens with zero attached hydrogens (tertiary/aromatic N) is 1. The quantitative estimate of drug-likeness (QED) is 0.815. The smallest absolute Gasteiger partial charge is 0.315 e. The van der Waals surface area contributed by atoms with Crippen LogP contribution in [-0.4, -0.2) is 11.0 Å². The highest BCUT2D eigenvalue weighted by Crippen LogP contribution is 2.24. The highest BCUT2D eigenvalue weighted by Gasteiger charge is 2.05. The van der Waals surface area contributed by atoms with Crippen LogP contribution in [0.15, 0.2) is 37.0 Å². The molecule has 0 unspecified atom stereocenters. The summed E-state index contributed by atoms with van der Waals surface area (Å²) in [5.74, 6) is 0. The molecule has 2 aromatic rings. The SMILES string of the molecule is C=CNC(=O)Nc1nc2ccccc2s1. The van der Waals surface area contributed by atoms with E-state index in [0.717, 1.165) is 10.2 Å². The van der Waals surface area contributed by atoms with E-state index in [1.807, 2.05) is 24.3 Å². The molecule has 0 atom stereocenters. The van der Waals surface area contributed by atoms with E-state index in [-0.39, 0.29) is 6.03 Å². The normalized spacial score (nSPS) is 9.87. The summed E-state index contributed by atoms with van der Waals surface area (Å²) in [4.78, 5) is 15.4. The molecule has 0 fully saturated rings. The first-order chi connectivity index (χ1) is 7.29. The van der Waals surface area contributed by atoms with Crippen LogP contribution < -0.4 is 10.6 Å². The first-order valence-electron chi connectivity index (χ1n) is 4.33. The third-order valence-electron chi connectivity index (χ3n) is 1.75. The number of anilines is 1. The Balaban J connectivity index is 2.22. The van der Waals surface area contributed by atoms with Crippen LogP contribution in [0.1, 0.15) is 0 Å². The minimum Gasteiger partial charge on any atom is -0.315 e. The lowest BCUT2D eigenvalue weighted by atomic mass is 10.3. The van der Waals surface area contributed by atoms with Gasteiger partial charge in [0.25, 0.3) is 0 Å². The van der Waals surface area contributed by atoms with Crippen molar-refractivity contribution in [1.82, 2.24) is 10.3 Å². The number of amides is 2. The number of rotatable bonds is 2. The Morgan fingerprint density at radius 1 is 1.47 bits per heavy atom. The van der Waals surface area contributed by atoms with E-state index in [1.54, 1.807) is 0 Å². The van der Waals surface area contributed by atoms with E-state index in [1.165, 1.54) is 17.5 Å². The zero-order valence-corrected chi connectivity index (χ0v) is 8.67. The molecule has 5 heteroatoms. The summed E-state index contributed by atoms with van der Waals surface area (Å²) < 4.78 is 1.05. The first kappa shape index (κ1) is 9.67. The molecule has 15 heavy (non-hydrogen) atoms. The van der Waals surface area contributed by atoms with Gasteiger partial charge in [-0.2, -0.15) is 0 Å². The number of nitrogens with one attached hydrogen (secondary N) is 2.